The van der Waals surface area contributed by atoms with Crippen LogP contribution in [0.15, 0.2) is 6.20 Å². The fraction of sp³-hybridized carbons (Fsp3) is 0.667. The molecule has 2 atom stereocenters. The molecule has 1 N–H and O–H groups in total. The lowest BCUT2D eigenvalue weighted by Crippen LogP contribution is -2.46. The first-order valence-corrected chi connectivity index (χ1v) is 7.00. The van der Waals surface area contributed by atoms with E-state index < -0.39 is 6.10 Å². The minimum absolute atomic E-state index is 0.151. The minimum atomic E-state index is -0.545. The van der Waals surface area contributed by atoms with E-state index in [0.29, 0.717) is 13.0 Å². The van der Waals surface area contributed by atoms with Crippen LogP contribution in [0.25, 0.3) is 0 Å². The van der Waals surface area contributed by atoms with E-state index in [1.165, 1.54) is 0 Å². The van der Waals surface area contributed by atoms with Crippen LogP contribution in [0, 0.1) is 13.8 Å². The predicted molar refractivity (Wildman–Crippen MR) is 77.2 cm³/mol. The Kier molecular flexibility index (Phi) is 4.96. The summed E-state index contributed by atoms with van der Waals surface area (Å²) in [5.74, 6) is 0.851. The summed E-state index contributed by atoms with van der Waals surface area (Å²) in [7, 11) is 3.70. The Morgan fingerprint density at radius 1 is 1.55 bits per heavy atom. The SMILES string of the molecule is COc1c(C)cnc(CC(O)C2CN(C)CCO2)c1C. The zero-order valence-electron chi connectivity index (χ0n) is 12.7. The summed E-state index contributed by atoms with van der Waals surface area (Å²) >= 11 is 0. The standard InChI is InChI=1S/C15H24N2O3/c1-10-8-16-12(11(2)15(10)19-4)7-13(18)14-9-17(3)5-6-20-14/h8,13-14,18H,5-7,9H2,1-4H3. The molecule has 5 heteroatoms. The summed E-state index contributed by atoms with van der Waals surface area (Å²) in [5.41, 5.74) is 2.88. The van der Waals surface area contributed by atoms with Gasteiger partial charge in [-0.25, -0.2) is 0 Å². The molecule has 1 aromatic heterocycles. The number of pyridine rings is 1. The summed E-state index contributed by atoms with van der Waals surface area (Å²) in [4.78, 5) is 6.61. The third kappa shape index (κ3) is 3.29. The monoisotopic (exact) mass is 280 g/mol. The van der Waals surface area contributed by atoms with Crippen molar-refractivity contribution in [2.45, 2.75) is 32.5 Å². The van der Waals surface area contributed by atoms with Crippen LogP contribution in [0.2, 0.25) is 0 Å². The first-order chi connectivity index (χ1) is 9.52. The number of rotatable bonds is 4. The Balaban J connectivity index is 2.09. The summed E-state index contributed by atoms with van der Waals surface area (Å²) in [6.07, 6.45) is 1.58. The normalized spacial score (nSPS) is 21.8. The molecule has 1 fully saturated rings. The van der Waals surface area contributed by atoms with Gasteiger partial charge in [0.2, 0.25) is 0 Å². The molecule has 0 aliphatic carbocycles. The number of hydrogen-bond acceptors (Lipinski definition) is 5. The number of methoxy groups -OCH3 is 1. The maximum absolute atomic E-state index is 10.4. The maximum Gasteiger partial charge on any atom is 0.128 e. The molecule has 1 saturated heterocycles. The van der Waals surface area contributed by atoms with Crippen molar-refractivity contribution in [3.63, 3.8) is 0 Å². The van der Waals surface area contributed by atoms with E-state index in [9.17, 15) is 5.11 Å². The first-order valence-electron chi connectivity index (χ1n) is 7.00. The maximum atomic E-state index is 10.4. The summed E-state index contributed by atoms with van der Waals surface area (Å²) in [6, 6.07) is 0. The number of ether oxygens (including phenoxy) is 2. The van der Waals surface area contributed by atoms with Crippen LogP contribution in [0.5, 0.6) is 5.75 Å². The Hall–Kier alpha value is -1.17. The predicted octanol–water partition coefficient (Wildman–Crippen LogP) is 0.941. The van der Waals surface area contributed by atoms with E-state index >= 15 is 0 Å². The number of morpholine rings is 1. The Morgan fingerprint density at radius 2 is 2.30 bits per heavy atom. The van der Waals surface area contributed by atoms with Gasteiger partial charge >= 0.3 is 0 Å². The van der Waals surface area contributed by atoms with Crippen LogP contribution in [0.3, 0.4) is 0 Å². The second-order valence-electron chi connectivity index (χ2n) is 5.49. The lowest BCUT2D eigenvalue weighted by molar-refractivity contribution is -0.0826. The fourth-order valence-corrected chi connectivity index (χ4v) is 2.65. The highest BCUT2D eigenvalue weighted by Gasteiger charge is 2.26. The van der Waals surface area contributed by atoms with Crippen molar-refractivity contribution in [2.75, 3.05) is 33.9 Å². The van der Waals surface area contributed by atoms with Crippen LogP contribution in [-0.2, 0) is 11.2 Å². The van der Waals surface area contributed by atoms with Gasteiger partial charge in [0.15, 0.2) is 0 Å². The molecule has 2 heterocycles. The molecular weight excluding hydrogens is 256 g/mol. The quantitative estimate of drug-likeness (QED) is 0.889. The zero-order valence-corrected chi connectivity index (χ0v) is 12.7. The van der Waals surface area contributed by atoms with Gasteiger partial charge in [0.05, 0.1) is 25.9 Å². The molecule has 0 aromatic carbocycles. The molecule has 0 saturated carbocycles. The van der Waals surface area contributed by atoms with Crippen LogP contribution >= 0.6 is 0 Å². The van der Waals surface area contributed by atoms with Crippen molar-refractivity contribution >= 4 is 0 Å². The number of hydrogen-bond donors (Lipinski definition) is 1. The van der Waals surface area contributed by atoms with Crippen molar-refractivity contribution in [3.05, 3.63) is 23.0 Å². The number of likely N-dealkylation sites (N-methyl/N-ethyl adjacent to an activating group) is 1. The number of aryl methyl sites for hydroxylation is 1. The third-order valence-corrected chi connectivity index (χ3v) is 3.88. The second-order valence-corrected chi connectivity index (χ2v) is 5.49. The Morgan fingerprint density at radius 3 is 2.95 bits per heavy atom. The van der Waals surface area contributed by atoms with Crippen LogP contribution < -0.4 is 4.74 Å². The molecule has 1 aromatic rings. The van der Waals surface area contributed by atoms with Crippen molar-refractivity contribution in [1.82, 2.24) is 9.88 Å². The number of aromatic nitrogens is 1. The molecule has 1 aliphatic rings. The van der Waals surface area contributed by atoms with Gasteiger partial charge in [0.25, 0.3) is 0 Å². The highest BCUT2D eigenvalue weighted by Crippen LogP contribution is 2.25. The topological polar surface area (TPSA) is 54.8 Å². The zero-order chi connectivity index (χ0) is 14.7. The van der Waals surface area contributed by atoms with E-state index in [2.05, 4.69) is 9.88 Å². The molecule has 0 radical (unpaired) electrons. The summed E-state index contributed by atoms with van der Waals surface area (Å²) in [6.45, 7) is 6.29. The summed E-state index contributed by atoms with van der Waals surface area (Å²) in [5, 5.41) is 10.4. The van der Waals surface area contributed by atoms with E-state index in [1.54, 1.807) is 13.3 Å². The van der Waals surface area contributed by atoms with E-state index in [-0.39, 0.29) is 6.10 Å². The highest BCUT2D eigenvalue weighted by molar-refractivity contribution is 5.41. The molecular formula is C15H24N2O3. The van der Waals surface area contributed by atoms with Gasteiger partial charge in [-0.2, -0.15) is 0 Å². The number of aliphatic hydroxyl groups is 1. The van der Waals surface area contributed by atoms with Gasteiger partial charge in [0, 0.05) is 42.5 Å². The van der Waals surface area contributed by atoms with Gasteiger partial charge < -0.3 is 19.5 Å². The average Bonchev–Trinajstić information content (AvgIpc) is 2.42. The molecule has 0 amide bonds. The fourth-order valence-electron chi connectivity index (χ4n) is 2.65. The molecule has 5 nitrogen and oxygen atoms in total. The summed E-state index contributed by atoms with van der Waals surface area (Å²) < 4.78 is 11.1. The number of nitrogens with zero attached hydrogens (tertiary/aromatic N) is 2. The first kappa shape index (κ1) is 15.2. The Bertz CT molecular complexity index is 465. The minimum Gasteiger partial charge on any atom is -0.496 e. The van der Waals surface area contributed by atoms with Gasteiger partial charge in [-0.3, -0.25) is 4.98 Å². The van der Waals surface area contributed by atoms with Gasteiger partial charge in [-0.15, -0.1) is 0 Å². The van der Waals surface area contributed by atoms with Gasteiger partial charge in [-0.05, 0) is 20.9 Å². The van der Waals surface area contributed by atoms with Crippen LogP contribution in [-0.4, -0.2) is 61.1 Å². The van der Waals surface area contributed by atoms with E-state index in [1.807, 2.05) is 20.9 Å². The van der Waals surface area contributed by atoms with Crippen molar-refractivity contribution in [2.24, 2.45) is 0 Å². The second kappa shape index (κ2) is 6.52. The van der Waals surface area contributed by atoms with Gasteiger partial charge in [0.1, 0.15) is 5.75 Å². The lowest BCUT2D eigenvalue weighted by Gasteiger charge is -2.33. The lowest BCUT2D eigenvalue weighted by atomic mass is 10.0. The smallest absolute Gasteiger partial charge is 0.128 e. The van der Waals surface area contributed by atoms with E-state index in [0.717, 1.165) is 35.7 Å². The molecule has 1 aliphatic heterocycles. The molecule has 112 valence electrons. The molecule has 0 spiro atoms. The van der Waals surface area contributed by atoms with Crippen molar-refractivity contribution in [1.29, 1.82) is 0 Å². The molecule has 2 unspecified atom stereocenters. The van der Waals surface area contributed by atoms with Crippen LogP contribution in [0.1, 0.15) is 16.8 Å². The van der Waals surface area contributed by atoms with E-state index in [4.69, 9.17) is 9.47 Å². The van der Waals surface area contributed by atoms with Gasteiger partial charge in [-0.1, -0.05) is 0 Å². The Labute approximate surface area is 120 Å². The van der Waals surface area contributed by atoms with Crippen molar-refractivity contribution < 1.29 is 14.6 Å². The molecule has 2 rings (SSSR count). The highest BCUT2D eigenvalue weighted by atomic mass is 16.5. The third-order valence-electron chi connectivity index (χ3n) is 3.88. The largest absolute Gasteiger partial charge is 0.496 e. The van der Waals surface area contributed by atoms with Crippen molar-refractivity contribution in [3.8, 4) is 5.75 Å². The molecule has 20 heavy (non-hydrogen) atoms. The van der Waals surface area contributed by atoms with Crippen LogP contribution in [0.4, 0.5) is 0 Å². The average molecular weight is 280 g/mol. The molecule has 0 bridgehead atoms. The number of aliphatic hydroxyl groups excluding tert-OH is 1.